The number of nitrogens with zero attached hydrogens (tertiary/aromatic N) is 1. The molecule has 0 heterocycles. The molecule has 0 aliphatic rings. The lowest BCUT2D eigenvalue weighted by molar-refractivity contribution is 0.128. The largest absolute Gasteiger partial charge is 0.387 e. The molecule has 0 bridgehead atoms. The van der Waals surface area contributed by atoms with Crippen molar-refractivity contribution in [3.63, 3.8) is 0 Å². The summed E-state index contributed by atoms with van der Waals surface area (Å²) >= 11 is 0. The molecule has 2 aromatic carbocycles. The molecule has 2 amide bonds. The Balaban J connectivity index is 1.99. The third-order valence-electron chi connectivity index (χ3n) is 3.62. The first kappa shape index (κ1) is 17.0. The Morgan fingerprint density at radius 3 is 2.35 bits per heavy atom. The van der Waals surface area contributed by atoms with E-state index in [1.165, 1.54) is 29.2 Å². The molecule has 1 atom stereocenters. The van der Waals surface area contributed by atoms with Gasteiger partial charge in [0.15, 0.2) is 0 Å². The molecule has 2 rings (SSSR count). The molecule has 0 saturated heterocycles. The number of aryl methyl sites for hydroxylation is 1. The number of hydrogen-bond acceptors (Lipinski definition) is 2. The van der Waals surface area contributed by atoms with Gasteiger partial charge in [-0.25, -0.2) is 9.18 Å². The molecule has 0 radical (unpaired) electrons. The van der Waals surface area contributed by atoms with Crippen LogP contribution in [0.15, 0.2) is 48.5 Å². The van der Waals surface area contributed by atoms with Gasteiger partial charge in [-0.1, -0.05) is 29.8 Å². The van der Waals surface area contributed by atoms with E-state index in [0.717, 1.165) is 11.1 Å². The molecule has 0 aromatic heterocycles. The van der Waals surface area contributed by atoms with E-state index in [-0.39, 0.29) is 18.4 Å². The zero-order valence-electron chi connectivity index (χ0n) is 13.3. The molecular weight excluding hydrogens is 295 g/mol. The zero-order chi connectivity index (χ0) is 16.8. The Morgan fingerprint density at radius 2 is 1.78 bits per heavy atom. The third kappa shape index (κ3) is 4.79. The Hall–Kier alpha value is -2.40. The predicted molar refractivity (Wildman–Crippen MR) is 88.8 cm³/mol. The molecule has 0 saturated carbocycles. The van der Waals surface area contributed by atoms with E-state index in [1.807, 2.05) is 38.1 Å². The van der Waals surface area contributed by atoms with Crippen LogP contribution in [0.5, 0.6) is 0 Å². The Bertz CT molecular complexity index is 641. The van der Waals surface area contributed by atoms with Crippen molar-refractivity contribution in [1.82, 2.24) is 4.90 Å². The SMILES string of the molecule is CCN(CC(O)c1ccc(C)cc1)C(=O)Nc1ccc(F)cc1. The number of anilines is 1. The van der Waals surface area contributed by atoms with Crippen LogP contribution in [0.1, 0.15) is 24.2 Å². The Morgan fingerprint density at radius 1 is 1.17 bits per heavy atom. The molecule has 23 heavy (non-hydrogen) atoms. The number of aliphatic hydroxyl groups excluding tert-OH is 1. The maximum atomic E-state index is 12.9. The fourth-order valence-electron chi connectivity index (χ4n) is 2.19. The van der Waals surface area contributed by atoms with Crippen molar-refractivity contribution in [2.75, 3.05) is 18.4 Å². The highest BCUT2D eigenvalue weighted by atomic mass is 19.1. The van der Waals surface area contributed by atoms with E-state index in [0.29, 0.717) is 12.2 Å². The van der Waals surface area contributed by atoms with Crippen LogP contribution in [0.2, 0.25) is 0 Å². The maximum absolute atomic E-state index is 12.9. The van der Waals surface area contributed by atoms with Gasteiger partial charge in [-0.2, -0.15) is 0 Å². The maximum Gasteiger partial charge on any atom is 0.321 e. The second kappa shape index (κ2) is 7.74. The van der Waals surface area contributed by atoms with Gasteiger partial charge >= 0.3 is 6.03 Å². The number of amides is 2. The Kier molecular flexibility index (Phi) is 5.71. The average Bonchev–Trinajstić information content (AvgIpc) is 2.55. The fraction of sp³-hybridized carbons (Fsp3) is 0.278. The van der Waals surface area contributed by atoms with Crippen LogP contribution in [0.3, 0.4) is 0 Å². The predicted octanol–water partition coefficient (Wildman–Crippen LogP) is 3.72. The summed E-state index contributed by atoms with van der Waals surface area (Å²) in [5, 5.41) is 13.0. The zero-order valence-corrected chi connectivity index (χ0v) is 13.3. The van der Waals surface area contributed by atoms with E-state index in [2.05, 4.69) is 5.32 Å². The monoisotopic (exact) mass is 316 g/mol. The second-order valence-corrected chi connectivity index (χ2v) is 5.40. The molecule has 0 spiro atoms. The van der Waals surface area contributed by atoms with E-state index < -0.39 is 6.10 Å². The van der Waals surface area contributed by atoms with Gasteiger partial charge in [-0.3, -0.25) is 0 Å². The van der Waals surface area contributed by atoms with Crippen LogP contribution in [0, 0.1) is 12.7 Å². The summed E-state index contributed by atoms with van der Waals surface area (Å²) in [5.41, 5.74) is 2.39. The van der Waals surface area contributed by atoms with E-state index >= 15 is 0 Å². The van der Waals surface area contributed by atoms with Crippen LogP contribution < -0.4 is 5.32 Å². The topological polar surface area (TPSA) is 52.6 Å². The first-order chi connectivity index (χ1) is 11.0. The quantitative estimate of drug-likeness (QED) is 0.883. The van der Waals surface area contributed by atoms with Gasteiger partial charge in [-0.15, -0.1) is 0 Å². The van der Waals surface area contributed by atoms with Crippen molar-refractivity contribution in [2.45, 2.75) is 20.0 Å². The van der Waals surface area contributed by atoms with Crippen molar-refractivity contribution in [3.8, 4) is 0 Å². The van der Waals surface area contributed by atoms with E-state index in [1.54, 1.807) is 0 Å². The molecule has 5 heteroatoms. The minimum atomic E-state index is -0.755. The van der Waals surface area contributed by atoms with E-state index in [4.69, 9.17) is 0 Å². The average molecular weight is 316 g/mol. The fourth-order valence-corrected chi connectivity index (χ4v) is 2.19. The normalized spacial score (nSPS) is 11.8. The highest BCUT2D eigenvalue weighted by Gasteiger charge is 2.17. The van der Waals surface area contributed by atoms with Crippen LogP contribution in [-0.4, -0.2) is 29.1 Å². The van der Waals surface area contributed by atoms with Crippen LogP contribution >= 0.6 is 0 Å². The minimum absolute atomic E-state index is 0.187. The Labute approximate surface area is 135 Å². The number of rotatable bonds is 5. The molecule has 122 valence electrons. The second-order valence-electron chi connectivity index (χ2n) is 5.40. The first-order valence-corrected chi connectivity index (χ1v) is 7.55. The number of aliphatic hydroxyl groups is 1. The van der Waals surface area contributed by atoms with E-state index in [9.17, 15) is 14.3 Å². The van der Waals surface area contributed by atoms with Gasteiger partial charge in [-0.05, 0) is 43.7 Å². The molecule has 2 N–H and O–H groups in total. The third-order valence-corrected chi connectivity index (χ3v) is 3.62. The molecule has 1 unspecified atom stereocenters. The van der Waals surface area contributed by atoms with Gasteiger partial charge in [0.1, 0.15) is 5.82 Å². The first-order valence-electron chi connectivity index (χ1n) is 7.55. The number of hydrogen-bond donors (Lipinski definition) is 2. The number of likely N-dealkylation sites (N-methyl/N-ethyl adjacent to an activating group) is 1. The minimum Gasteiger partial charge on any atom is -0.387 e. The molecule has 0 aliphatic heterocycles. The number of carbonyl (C=O) groups is 1. The summed E-state index contributed by atoms with van der Waals surface area (Å²) in [6, 6.07) is 12.8. The van der Waals surface area contributed by atoms with Crippen molar-refractivity contribution in [1.29, 1.82) is 0 Å². The lowest BCUT2D eigenvalue weighted by Crippen LogP contribution is -2.37. The summed E-state index contributed by atoms with van der Waals surface area (Å²) in [4.78, 5) is 13.8. The lowest BCUT2D eigenvalue weighted by Gasteiger charge is -2.24. The molecule has 0 fully saturated rings. The van der Waals surface area contributed by atoms with Gasteiger partial charge in [0.2, 0.25) is 0 Å². The summed E-state index contributed by atoms with van der Waals surface area (Å²) in [5.74, 6) is -0.356. The summed E-state index contributed by atoms with van der Waals surface area (Å²) < 4.78 is 12.9. The highest BCUT2D eigenvalue weighted by molar-refractivity contribution is 5.89. The van der Waals surface area contributed by atoms with Crippen molar-refractivity contribution in [3.05, 3.63) is 65.5 Å². The summed E-state index contributed by atoms with van der Waals surface area (Å²) in [6.45, 7) is 4.46. The van der Waals surface area contributed by atoms with Crippen molar-refractivity contribution >= 4 is 11.7 Å². The number of halogens is 1. The van der Waals surface area contributed by atoms with Crippen molar-refractivity contribution in [2.24, 2.45) is 0 Å². The molecule has 2 aromatic rings. The summed E-state index contributed by atoms with van der Waals surface area (Å²) in [7, 11) is 0. The molecule has 0 aliphatic carbocycles. The van der Waals surface area contributed by atoms with Crippen LogP contribution in [-0.2, 0) is 0 Å². The highest BCUT2D eigenvalue weighted by Crippen LogP contribution is 2.16. The van der Waals surface area contributed by atoms with Gasteiger partial charge in [0.05, 0.1) is 12.6 Å². The molecule has 4 nitrogen and oxygen atoms in total. The molecular formula is C18H21FN2O2. The number of benzene rings is 2. The summed E-state index contributed by atoms with van der Waals surface area (Å²) in [6.07, 6.45) is -0.755. The van der Waals surface area contributed by atoms with Crippen molar-refractivity contribution < 1.29 is 14.3 Å². The standard InChI is InChI=1S/C18H21FN2O2/c1-3-21(12-17(22)14-6-4-13(2)5-7-14)18(23)20-16-10-8-15(19)9-11-16/h4-11,17,22H,3,12H2,1-2H3,(H,20,23). The number of nitrogens with one attached hydrogen (secondary N) is 1. The smallest absolute Gasteiger partial charge is 0.321 e. The van der Waals surface area contributed by atoms with Crippen LogP contribution in [0.25, 0.3) is 0 Å². The number of urea groups is 1. The van der Waals surface area contributed by atoms with Gasteiger partial charge in [0.25, 0.3) is 0 Å². The lowest BCUT2D eigenvalue weighted by atomic mass is 10.1. The van der Waals surface area contributed by atoms with Crippen LogP contribution in [0.4, 0.5) is 14.9 Å². The number of carbonyl (C=O) groups excluding carboxylic acids is 1. The van der Waals surface area contributed by atoms with Gasteiger partial charge in [0, 0.05) is 12.2 Å². The van der Waals surface area contributed by atoms with Gasteiger partial charge < -0.3 is 15.3 Å².